The van der Waals surface area contributed by atoms with E-state index in [1.807, 2.05) is 25.1 Å². The quantitative estimate of drug-likeness (QED) is 0.685. The molecule has 3 heterocycles. The molecule has 2 aliphatic rings. The lowest BCUT2D eigenvalue weighted by Crippen LogP contribution is -2.30. The Bertz CT molecular complexity index is 1130. The van der Waals surface area contributed by atoms with Crippen LogP contribution >= 0.6 is 23.1 Å². The Morgan fingerprint density at radius 1 is 1.33 bits per heavy atom. The van der Waals surface area contributed by atoms with Crippen LogP contribution in [-0.2, 0) is 17.6 Å². The zero-order valence-electron chi connectivity index (χ0n) is 14.8. The number of carbonyl (C=O) groups is 1. The van der Waals surface area contributed by atoms with Gasteiger partial charge in [-0.1, -0.05) is 35.2 Å². The van der Waals surface area contributed by atoms with Crippen molar-refractivity contribution in [1.29, 1.82) is 0 Å². The maximum absolute atomic E-state index is 12.8. The lowest BCUT2D eigenvalue weighted by molar-refractivity contribution is -0.116. The fraction of sp³-hybridized carbons (Fsp3) is 0.368. The molecule has 6 nitrogen and oxygen atoms in total. The predicted molar refractivity (Wildman–Crippen MR) is 108 cm³/mol. The minimum Gasteiger partial charge on any atom is -0.302 e. The first-order valence-electron chi connectivity index (χ1n) is 9.03. The largest absolute Gasteiger partial charge is 0.302 e. The number of thioether (sulfide) groups is 1. The zero-order chi connectivity index (χ0) is 18.5. The number of fused-ring (bicyclic) bond motifs is 3. The monoisotopic (exact) mass is 398 g/mol. The van der Waals surface area contributed by atoms with Gasteiger partial charge in [0.15, 0.2) is 10.3 Å². The van der Waals surface area contributed by atoms with Gasteiger partial charge in [0.2, 0.25) is 5.91 Å². The molecule has 0 fully saturated rings. The summed E-state index contributed by atoms with van der Waals surface area (Å²) in [5, 5.41) is 4.28. The second-order valence-corrected chi connectivity index (χ2v) is 9.02. The number of benzene rings is 1. The highest BCUT2D eigenvalue weighted by Crippen LogP contribution is 2.34. The van der Waals surface area contributed by atoms with Crippen molar-refractivity contribution in [2.24, 2.45) is 0 Å². The van der Waals surface area contributed by atoms with Gasteiger partial charge in [0.25, 0.3) is 5.56 Å². The van der Waals surface area contributed by atoms with Crippen LogP contribution in [0, 0.1) is 6.92 Å². The van der Waals surface area contributed by atoms with Gasteiger partial charge in [-0.15, -0.1) is 0 Å². The summed E-state index contributed by atoms with van der Waals surface area (Å²) in [6.45, 7) is 2.01. The molecule has 0 spiro atoms. The van der Waals surface area contributed by atoms with Crippen LogP contribution < -0.4 is 10.9 Å². The molecule has 0 saturated heterocycles. The molecule has 0 saturated carbocycles. The molecule has 27 heavy (non-hydrogen) atoms. The van der Waals surface area contributed by atoms with E-state index in [2.05, 4.69) is 15.3 Å². The third-order valence-electron chi connectivity index (χ3n) is 5.16. The first-order chi connectivity index (χ1) is 13.1. The minimum atomic E-state index is -0.146. The van der Waals surface area contributed by atoms with E-state index in [1.165, 1.54) is 11.3 Å². The van der Waals surface area contributed by atoms with Crippen molar-refractivity contribution < 1.29 is 4.79 Å². The summed E-state index contributed by atoms with van der Waals surface area (Å²) in [6, 6.07) is 5.86. The summed E-state index contributed by atoms with van der Waals surface area (Å²) in [4.78, 5) is 34.6. The Labute approximate surface area is 164 Å². The third-order valence-corrected chi connectivity index (χ3v) is 7.19. The summed E-state index contributed by atoms with van der Waals surface area (Å²) in [5.74, 6) is 0.592. The second-order valence-electron chi connectivity index (χ2n) is 7.01. The molecule has 8 heteroatoms. The number of thiazole rings is 1. The van der Waals surface area contributed by atoms with Crippen molar-refractivity contribution in [3.63, 3.8) is 0 Å². The van der Waals surface area contributed by atoms with Crippen LogP contribution in [0.2, 0.25) is 0 Å². The molecule has 1 amide bonds. The van der Waals surface area contributed by atoms with Gasteiger partial charge in [-0.25, -0.2) is 9.97 Å². The van der Waals surface area contributed by atoms with Crippen LogP contribution in [0.3, 0.4) is 0 Å². The summed E-state index contributed by atoms with van der Waals surface area (Å²) in [5.41, 5.74) is 3.86. The standard InChI is InChI=1S/C19H18N4O2S2/c1-10-4-2-7-14-16(10)22-18(27-14)21-15(24)8-11-9-26-19-20-13-6-3-5-12(13)17(25)23(11)19/h2,4,7,11H,3,5-6,8-9H2,1H3,(H,21,22,24). The Kier molecular flexibility index (Phi) is 4.05. The number of aromatic nitrogens is 3. The highest BCUT2D eigenvalue weighted by molar-refractivity contribution is 7.99. The molecule has 3 aromatic rings. The van der Waals surface area contributed by atoms with E-state index in [4.69, 9.17) is 0 Å². The summed E-state index contributed by atoms with van der Waals surface area (Å²) in [7, 11) is 0. The van der Waals surface area contributed by atoms with E-state index in [9.17, 15) is 9.59 Å². The fourth-order valence-electron chi connectivity index (χ4n) is 3.83. The lowest BCUT2D eigenvalue weighted by atomic mass is 10.2. The molecule has 1 N–H and O–H groups in total. The molecule has 138 valence electrons. The van der Waals surface area contributed by atoms with Crippen molar-refractivity contribution in [2.75, 3.05) is 11.1 Å². The maximum atomic E-state index is 12.8. The molecule has 5 rings (SSSR count). The zero-order valence-corrected chi connectivity index (χ0v) is 16.5. The number of amides is 1. The average Bonchev–Trinajstić information content (AvgIpc) is 3.34. The number of nitrogens with zero attached hydrogens (tertiary/aromatic N) is 3. The van der Waals surface area contributed by atoms with Crippen LogP contribution in [0.15, 0.2) is 28.2 Å². The van der Waals surface area contributed by atoms with E-state index in [0.29, 0.717) is 10.9 Å². The van der Waals surface area contributed by atoms with Gasteiger partial charge >= 0.3 is 0 Å². The van der Waals surface area contributed by atoms with Crippen molar-refractivity contribution in [3.05, 3.63) is 45.4 Å². The normalized spacial score (nSPS) is 17.9. The molecule has 1 aromatic carbocycles. The van der Waals surface area contributed by atoms with Gasteiger partial charge in [0.05, 0.1) is 22.0 Å². The molecular weight excluding hydrogens is 380 g/mol. The predicted octanol–water partition coefficient (Wildman–Crippen LogP) is 3.33. The minimum absolute atomic E-state index is 0.0471. The number of anilines is 1. The Morgan fingerprint density at radius 2 is 2.22 bits per heavy atom. The molecule has 1 aliphatic heterocycles. The number of nitrogens with one attached hydrogen (secondary N) is 1. The van der Waals surface area contributed by atoms with E-state index in [0.717, 1.165) is 51.5 Å². The number of hydrogen-bond acceptors (Lipinski definition) is 6. The smallest absolute Gasteiger partial charge is 0.257 e. The molecule has 0 radical (unpaired) electrons. The Hall–Kier alpha value is -2.19. The van der Waals surface area contributed by atoms with Gasteiger partial charge in [-0.05, 0) is 37.8 Å². The summed E-state index contributed by atoms with van der Waals surface area (Å²) < 4.78 is 2.79. The van der Waals surface area contributed by atoms with Crippen molar-refractivity contribution in [2.45, 2.75) is 43.8 Å². The highest BCUT2D eigenvalue weighted by atomic mass is 32.2. The fourth-order valence-corrected chi connectivity index (χ4v) is 5.94. The summed E-state index contributed by atoms with van der Waals surface area (Å²) >= 11 is 3.04. The Balaban J connectivity index is 1.37. The van der Waals surface area contributed by atoms with Crippen LogP contribution in [0.5, 0.6) is 0 Å². The molecule has 1 aliphatic carbocycles. The van der Waals surface area contributed by atoms with Crippen LogP contribution in [-0.4, -0.2) is 26.2 Å². The highest BCUT2D eigenvalue weighted by Gasteiger charge is 2.31. The van der Waals surface area contributed by atoms with Crippen molar-refractivity contribution >= 4 is 44.4 Å². The second kappa shape index (κ2) is 6.45. The first kappa shape index (κ1) is 16.9. The third kappa shape index (κ3) is 2.87. The molecular formula is C19H18N4O2S2. The van der Waals surface area contributed by atoms with Gasteiger partial charge < -0.3 is 5.32 Å². The van der Waals surface area contributed by atoms with Crippen molar-refractivity contribution in [1.82, 2.24) is 14.5 Å². The topological polar surface area (TPSA) is 76.9 Å². The van der Waals surface area contributed by atoms with Gasteiger partial charge in [-0.2, -0.15) is 0 Å². The molecule has 1 atom stereocenters. The van der Waals surface area contributed by atoms with Crippen LogP contribution in [0.4, 0.5) is 5.13 Å². The number of carbonyl (C=O) groups excluding carboxylic acids is 1. The first-order valence-corrected chi connectivity index (χ1v) is 10.8. The van der Waals surface area contributed by atoms with Crippen LogP contribution in [0.1, 0.15) is 35.7 Å². The van der Waals surface area contributed by atoms with E-state index < -0.39 is 0 Å². The summed E-state index contributed by atoms with van der Waals surface area (Å²) in [6.07, 6.45) is 2.94. The Morgan fingerprint density at radius 3 is 3.07 bits per heavy atom. The van der Waals surface area contributed by atoms with Crippen molar-refractivity contribution in [3.8, 4) is 0 Å². The number of para-hydroxylation sites is 1. The molecule has 0 bridgehead atoms. The SMILES string of the molecule is Cc1cccc2sc(NC(=O)CC3CSc4nc5c(c(=O)n43)CCC5)nc12. The maximum Gasteiger partial charge on any atom is 0.257 e. The average molecular weight is 399 g/mol. The number of rotatable bonds is 3. The van der Waals surface area contributed by atoms with E-state index >= 15 is 0 Å². The van der Waals surface area contributed by atoms with Crippen LogP contribution in [0.25, 0.3) is 10.2 Å². The van der Waals surface area contributed by atoms with Gasteiger partial charge in [0, 0.05) is 17.7 Å². The van der Waals surface area contributed by atoms with Gasteiger partial charge in [0.1, 0.15) is 0 Å². The molecule has 1 unspecified atom stereocenters. The van der Waals surface area contributed by atoms with Gasteiger partial charge in [-0.3, -0.25) is 14.2 Å². The van der Waals surface area contributed by atoms with E-state index in [-0.39, 0.29) is 23.9 Å². The molecule has 2 aromatic heterocycles. The number of hydrogen-bond donors (Lipinski definition) is 1. The number of aryl methyl sites for hydroxylation is 2. The lowest BCUT2D eigenvalue weighted by Gasteiger charge is -2.13. The van der Waals surface area contributed by atoms with E-state index in [1.54, 1.807) is 16.3 Å².